The van der Waals surface area contributed by atoms with Crippen molar-refractivity contribution in [2.75, 3.05) is 26.2 Å². The second kappa shape index (κ2) is 7.65. The molecule has 23 heavy (non-hydrogen) atoms. The second-order valence-corrected chi connectivity index (χ2v) is 5.79. The molecule has 1 aliphatic heterocycles. The zero-order valence-corrected chi connectivity index (χ0v) is 13.9. The van der Waals surface area contributed by atoms with Gasteiger partial charge in [-0.15, -0.1) is 20.4 Å². The Morgan fingerprint density at radius 1 is 0.696 bits per heavy atom. The highest BCUT2D eigenvalue weighted by atomic mass is 16.4. The number of rotatable bonds is 6. The lowest BCUT2D eigenvalue weighted by molar-refractivity contribution is 0.219. The quantitative estimate of drug-likeness (QED) is 0.787. The Hall–Kier alpha value is -1.80. The summed E-state index contributed by atoms with van der Waals surface area (Å²) < 4.78 is 11.2. The van der Waals surface area contributed by atoms with Gasteiger partial charge in [0.25, 0.3) is 0 Å². The van der Waals surface area contributed by atoms with E-state index in [1.165, 1.54) is 0 Å². The first kappa shape index (κ1) is 16.1. The van der Waals surface area contributed by atoms with E-state index in [1.54, 1.807) is 0 Å². The molecule has 0 saturated carbocycles. The molecule has 0 spiro atoms. The Bertz CT molecular complexity index is 558. The number of hydrogen-bond donors (Lipinski definition) is 0. The molecule has 3 rings (SSSR count). The molecular formula is C15H24N6O2. The summed E-state index contributed by atoms with van der Waals surface area (Å²) >= 11 is 0. The fraction of sp³-hybridized carbons (Fsp3) is 0.733. The summed E-state index contributed by atoms with van der Waals surface area (Å²) in [5.74, 6) is 2.83. The van der Waals surface area contributed by atoms with Gasteiger partial charge in [-0.25, -0.2) is 0 Å². The Balaban J connectivity index is 1.50. The highest BCUT2D eigenvalue weighted by Crippen LogP contribution is 2.11. The van der Waals surface area contributed by atoms with Crippen molar-refractivity contribution in [2.24, 2.45) is 0 Å². The minimum Gasteiger partial charge on any atom is -0.424 e. The molecule has 1 aliphatic rings. The molecule has 2 aromatic rings. The van der Waals surface area contributed by atoms with Gasteiger partial charge in [-0.1, -0.05) is 13.8 Å². The van der Waals surface area contributed by atoms with Gasteiger partial charge in [-0.2, -0.15) is 0 Å². The first-order valence-corrected chi connectivity index (χ1v) is 8.34. The maximum Gasteiger partial charge on any atom is 0.230 e. The second-order valence-electron chi connectivity index (χ2n) is 5.79. The molecule has 0 bridgehead atoms. The fourth-order valence-electron chi connectivity index (χ4n) is 2.71. The van der Waals surface area contributed by atoms with Crippen LogP contribution in [0.3, 0.4) is 0 Å². The molecule has 1 saturated heterocycles. The minimum atomic E-state index is 0.708. The van der Waals surface area contributed by atoms with Crippen molar-refractivity contribution in [2.45, 2.75) is 46.2 Å². The first-order chi connectivity index (χ1) is 11.3. The first-order valence-electron chi connectivity index (χ1n) is 8.34. The van der Waals surface area contributed by atoms with Gasteiger partial charge in [0.1, 0.15) is 0 Å². The molecular weight excluding hydrogens is 296 g/mol. The lowest BCUT2D eigenvalue weighted by Crippen LogP contribution is -2.30. The third kappa shape index (κ3) is 4.35. The Morgan fingerprint density at radius 3 is 1.52 bits per heavy atom. The molecule has 0 amide bonds. The third-order valence-corrected chi connectivity index (χ3v) is 4.02. The molecule has 0 radical (unpaired) electrons. The van der Waals surface area contributed by atoms with E-state index >= 15 is 0 Å². The van der Waals surface area contributed by atoms with Crippen molar-refractivity contribution in [3.8, 4) is 0 Å². The van der Waals surface area contributed by atoms with Gasteiger partial charge in [-0.3, -0.25) is 9.80 Å². The summed E-state index contributed by atoms with van der Waals surface area (Å²) in [6.45, 7) is 9.49. The highest BCUT2D eigenvalue weighted by Gasteiger charge is 2.19. The average molecular weight is 320 g/mol. The SMILES string of the molecule is CCc1nnc(CN2CCCN(Cc3nnc(CC)o3)CC2)o1. The van der Waals surface area contributed by atoms with E-state index in [4.69, 9.17) is 8.83 Å². The van der Waals surface area contributed by atoms with Crippen LogP contribution in [0.15, 0.2) is 8.83 Å². The molecule has 8 nitrogen and oxygen atoms in total. The summed E-state index contributed by atoms with van der Waals surface area (Å²) in [4.78, 5) is 4.72. The average Bonchev–Trinajstić information content (AvgIpc) is 3.15. The van der Waals surface area contributed by atoms with Gasteiger partial charge < -0.3 is 8.83 Å². The topological polar surface area (TPSA) is 84.3 Å². The number of aryl methyl sites for hydroxylation is 2. The van der Waals surface area contributed by atoms with Crippen LogP contribution in [-0.4, -0.2) is 56.4 Å². The van der Waals surface area contributed by atoms with Crippen molar-refractivity contribution >= 4 is 0 Å². The summed E-state index contributed by atoms with van der Waals surface area (Å²) in [5, 5.41) is 16.3. The molecule has 126 valence electrons. The van der Waals surface area contributed by atoms with E-state index in [-0.39, 0.29) is 0 Å². The third-order valence-electron chi connectivity index (χ3n) is 4.02. The van der Waals surface area contributed by atoms with Crippen molar-refractivity contribution < 1.29 is 8.83 Å². The molecule has 0 N–H and O–H groups in total. The molecule has 0 aromatic carbocycles. The van der Waals surface area contributed by atoms with Gasteiger partial charge in [0.2, 0.25) is 23.6 Å². The van der Waals surface area contributed by atoms with Crippen molar-refractivity contribution in [3.05, 3.63) is 23.6 Å². The van der Waals surface area contributed by atoms with E-state index in [0.717, 1.165) is 58.5 Å². The molecule has 8 heteroatoms. The lowest BCUT2D eigenvalue weighted by atomic mass is 10.4. The van der Waals surface area contributed by atoms with Gasteiger partial charge in [0.15, 0.2) is 0 Å². The van der Waals surface area contributed by atoms with E-state index in [9.17, 15) is 0 Å². The van der Waals surface area contributed by atoms with Gasteiger partial charge in [-0.05, 0) is 19.5 Å². The van der Waals surface area contributed by atoms with Crippen LogP contribution in [0, 0.1) is 0 Å². The van der Waals surface area contributed by atoms with E-state index in [1.807, 2.05) is 13.8 Å². The van der Waals surface area contributed by atoms with E-state index < -0.39 is 0 Å². The molecule has 0 unspecified atom stereocenters. The predicted octanol–water partition coefficient (Wildman–Crippen LogP) is 1.29. The lowest BCUT2D eigenvalue weighted by Gasteiger charge is -2.19. The maximum absolute atomic E-state index is 5.60. The van der Waals surface area contributed by atoms with Crippen LogP contribution >= 0.6 is 0 Å². The largest absolute Gasteiger partial charge is 0.424 e. The van der Waals surface area contributed by atoms with Gasteiger partial charge >= 0.3 is 0 Å². The summed E-state index contributed by atoms with van der Waals surface area (Å²) in [6.07, 6.45) is 2.67. The monoisotopic (exact) mass is 320 g/mol. The normalized spacial score (nSPS) is 17.5. The van der Waals surface area contributed by atoms with Crippen molar-refractivity contribution in [1.82, 2.24) is 30.2 Å². The van der Waals surface area contributed by atoms with Crippen LogP contribution in [0.5, 0.6) is 0 Å². The summed E-state index contributed by atoms with van der Waals surface area (Å²) in [5.41, 5.74) is 0. The maximum atomic E-state index is 5.60. The zero-order valence-electron chi connectivity index (χ0n) is 13.9. The van der Waals surface area contributed by atoms with E-state index in [0.29, 0.717) is 23.6 Å². The molecule has 0 aliphatic carbocycles. The number of aromatic nitrogens is 4. The molecule has 1 fully saturated rings. The predicted molar refractivity (Wildman–Crippen MR) is 82.5 cm³/mol. The zero-order chi connectivity index (χ0) is 16.1. The van der Waals surface area contributed by atoms with Crippen molar-refractivity contribution in [3.63, 3.8) is 0 Å². The Kier molecular flexibility index (Phi) is 5.35. The van der Waals surface area contributed by atoms with Gasteiger partial charge in [0, 0.05) is 25.9 Å². The van der Waals surface area contributed by atoms with Crippen LogP contribution < -0.4 is 0 Å². The Morgan fingerprint density at radius 2 is 1.13 bits per heavy atom. The molecule has 2 aromatic heterocycles. The smallest absolute Gasteiger partial charge is 0.230 e. The minimum absolute atomic E-state index is 0.708. The van der Waals surface area contributed by atoms with Gasteiger partial charge in [0.05, 0.1) is 13.1 Å². The summed E-state index contributed by atoms with van der Waals surface area (Å²) in [6, 6.07) is 0. The van der Waals surface area contributed by atoms with Crippen molar-refractivity contribution in [1.29, 1.82) is 0 Å². The van der Waals surface area contributed by atoms with E-state index in [2.05, 4.69) is 30.2 Å². The Labute approximate surface area is 135 Å². The van der Waals surface area contributed by atoms with Crippen LogP contribution in [0.2, 0.25) is 0 Å². The van der Waals surface area contributed by atoms with Crippen LogP contribution in [-0.2, 0) is 25.9 Å². The number of hydrogen-bond acceptors (Lipinski definition) is 8. The highest BCUT2D eigenvalue weighted by molar-refractivity contribution is 4.85. The standard InChI is InChI=1S/C15H24N6O2/c1-3-12-16-18-14(22-12)10-20-6-5-7-21(9-8-20)11-15-19-17-13(4-2)23-15/h3-11H2,1-2H3. The van der Waals surface area contributed by atoms with Crippen LogP contribution in [0.4, 0.5) is 0 Å². The molecule has 3 heterocycles. The van der Waals surface area contributed by atoms with Crippen LogP contribution in [0.25, 0.3) is 0 Å². The molecule has 0 atom stereocenters. The van der Waals surface area contributed by atoms with Crippen LogP contribution in [0.1, 0.15) is 43.8 Å². The summed E-state index contributed by atoms with van der Waals surface area (Å²) in [7, 11) is 0. The fourth-order valence-corrected chi connectivity index (χ4v) is 2.71. The number of nitrogens with zero attached hydrogens (tertiary/aromatic N) is 6.